The molecule has 0 heterocycles. The Bertz CT molecular complexity index is 287. The lowest BCUT2D eigenvalue weighted by Crippen LogP contribution is -2.52. The van der Waals surface area contributed by atoms with Gasteiger partial charge in [0, 0.05) is 6.61 Å². The molecular weight excluding hydrogens is 246 g/mol. The maximum absolute atomic E-state index is 12.0. The number of carboxylic acid groups (broad SMARTS) is 1. The van der Waals surface area contributed by atoms with Crippen molar-refractivity contribution in [2.75, 3.05) is 6.61 Å². The molecule has 0 aliphatic heterocycles. The van der Waals surface area contributed by atoms with E-state index in [-0.39, 0.29) is 12.3 Å². The van der Waals surface area contributed by atoms with E-state index >= 15 is 0 Å². The molecule has 5 heteroatoms. The first-order valence-corrected chi connectivity index (χ1v) is 7.06. The fourth-order valence-corrected chi connectivity index (χ4v) is 1.85. The molecule has 19 heavy (non-hydrogen) atoms. The molecule has 0 saturated heterocycles. The molecule has 0 fully saturated rings. The van der Waals surface area contributed by atoms with Gasteiger partial charge < -0.3 is 15.2 Å². The van der Waals surface area contributed by atoms with Crippen LogP contribution in [0.2, 0.25) is 0 Å². The second kappa shape index (κ2) is 8.91. The van der Waals surface area contributed by atoms with Gasteiger partial charge in [-0.2, -0.15) is 0 Å². The molecule has 0 aromatic heterocycles. The number of carbonyl (C=O) groups is 2. The van der Waals surface area contributed by atoms with Gasteiger partial charge in [-0.3, -0.25) is 9.59 Å². The summed E-state index contributed by atoms with van der Waals surface area (Å²) in [7, 11) is 0. The Morgan fingerprint density at radius 1 is 1.26 bits per heavy atom. The SMILES string of the molecule is CCCCOC(C)C(=O)NC(CC)(CC)CC(=O)O. The minimum atomic E-state index is -0.899. The topological polar surface area (TPSA) is 75.6 Å². The quantitative estimate of drug-likeness (QED) is 0.599. The summed E-state index contributed by atoms with van der Waals surface area (Å²) in [4.78, 5) is 22.9. The summed E-state index contributed by atoms with van der Waals surface area (Å²) >= 11 is 0. The Labute approximate surface area is 115 Å². The first kappa shape index (κ1) is 17.9. The van der Waals surface area contributed by atoms with Crippen molar-refractivity contribution in [2.24, 2.45) is 0 Å². The summed E-state index contributed by atoms with van der Waals surface area (Å²) in [6.45, 7) is 8.07. The Kier molecular flexibility index (Phi) is 8.39. The number of amides is 1. The predicted molar refractivity (Wildman–Crippen MR) is 74.0 cm³/mol. The molecule has 0 radical (unpaired) electrons. The van der Waals surface area contributed by atoms with Gasteiger partial charge in [0.1, 0.15) is 6.10 Å². The van der Waals surface area contributed by atoms with Gasteiger partial charge in [0.25, 0.3) is 0 Å². The van der Waals surface area contributed by atoms with E-state index in [1.165, 1.54) is 0 Å². The van der Waals surface area contributed by atoms with Gasteiger partial charge in [0.05, 0.1) is 12.0 Å². The highest BCUT2D eigenvalue weighted by Gasteiger charge is 2.32. The van der Waals surface area contributed by atoms with Gasteiger partial charge >= 0.3 is 5.97 Å². The van der Waals surface area contributed by atoms with Gasteiger partial charge in [-0.05, 0) is 26.2 Å². The number of nitrogens with one attached hydrogen (secondary N) is 1. The third-order valence-corrected chi connectivity index (χ3v) is 3.47. The lowest BCUT2D eigenvalue weighted by atomic mass is 9.88. The van der Waals surface area contributed by atoms with Crippen molar-refractivity contribution >= 4 is 11.9 Å². The van der Waals surface area contributed by atoms with Crippen molar-refractivity contribution in [3.63, 3.8) is 0 Å². The number of carboxylic acids is 1. The van der Waals surface area contributed by atoms with Crippen molar-refractivity contribution in [3.05, 3.63) is 0 Å². The summed E-state index contributed by atoms with van der Waals surface area (Å²) < 4.78 is 5.42. The maximum atomic E-state index is 12.0. The first-order valence-electron chi connectivity index (χ1n) is 7.06. The molecule has 0 rings (SSSR count). The van der Waals surface area contributed by atoms with Crippen molar-refractivity contribution < 1.29 is 19.4 Å². The van der Waals surface area contributed by atoms with Crippen LogP contribution in [0.15, 0.2) is 0 Å². The average Bonchev–Trinajstić information content (AvgIpc) is 2.37. The van der Waals surface area contributed by atoms with E-state index < -0.39 is 17.6 Å². The second-order valence-corrected chi connectivity index (χ2v) is 4.91. The van der Waals surface area contributed by atoms with Crippen LogP contribution in [-0.2, 0) is 14.3 Å². The number of ether oxygens (including phenoxy) is 1. The summed E-state index contributed by atoms with van der Waals surface area (Å²) in [5, 5.41) is 11.8. The zero-order valence-electron chi connectivity index (χ0n) is 12.5. The van der Waals surface area contributed by atoms with E-state index in [2.05, 4.69) is 12.2 Å². The third kappa shape index (κ3) is 6.57. The molecule has 0 spiro atoms. The van der Waals surface area contributed by atoms with Gasteiger partial charge in [0.2, 0.25) is 5.91 Å². The van der Waals surface area contributed by atoms with Crippen LogP contribution in [0, 0.1) is 0 Å². The smallest absolute Gasteiger partial charge is 0.305 e. The summed E-state index contributed by atoms with van der Waals surface area (Å²) in [6.07, 6.45) is 2.50. The summed E-state index contributed by atoms with van der Waals surface area (Å²) in [6, 6.07) is 0. The Morgan fingerprint density at radius 3 is 2.26 bits per heavy atom. The monoisotopic (exact) mass is 273 g/mol. The Morgan fingerprint density at radius 2 is 1.84 bits per heavy atom. The van der Waals surface area contributed by atoms with Gasteiger partial charge in [-0.1, -0.05) is 27.2 Å². The molecule has 1 atom stereocenters. The fourth-order valence-electron chi connectivity index (χ4n) is 1.85. The molecule has 1 unspecified atom stereocenters. The van der Waals surface area contributed by atoms with Gasteiger partial charge in [0.15, 0.2) is 0 Å². The van der Waals surface area contributed by atoms with Crippen molar-refractivity contribution in [1.82, 2.24) is 5.32 Å². The maximum Gasteiger partial charge on any atom is 0.305 e. The van der Waals surface area contributed by atoms with E-state index in [0.29, 0.717) is 19.4 Å². The average molecular weight is 273 g/mol. The summed E-state index contributed by atoms with van der Waals surface area (Å²) in [5.74, 6) is -1.13. The zero-order valence-corrected chi connectivity index (χ0v) is 12.5. The van der Waals surface area contributed by atoms with Crippen LogP contribution in [0.4, 0.5) is 0 Å². The molecule has 1 amide bonds. The van der Waals surface area contributed by atoms with Crippen molar-refractivity contribution in [3.8, 4) is 0 Å². The molecular formula is C14H27NO4. The molecule has 0 saturated carbocycles. The number of hydrogen-bond acceptors (Lipinski definition) is 3. The molecule has 5 nitrogen and oxygen atoms in total. The molecule has 2 N–H and O–H groups in total. The zero-order chi connectivity index (χ0) is 14.9. The van der Waals surface area contributed by atoms with Crippen molar-refractivity contribution in [1.29, 1.82) is 0 Å². The number of hydrogen-bond donors (Lipinski definition) is 2. The summed E-state index contributed by atoms with van der Waals surface area (Å²) in [5.41, 5.74) is -0.675. The van der Waals surface area contributed by atoms with Crippen LogP contribution >= 0.6 is 0 Å². The van der Waals surface area contributed by atoms with Crippen LogP contribution in [-0.4, -0.2) is 35.2 Å². The van der Waals surface area contributed by atoms with Crippen LogP contribution in [0.3, 0.4) is 0 Å². The minimum Gasteiger partial charge on any atom is -0.481 e. The predicted octanol–water partition coefficient (Wildman–Crippen LogP) is 2.34. The molecule has 112 valence electrons. The van der Waals surface area contributed by atoms with Crippen LogP contribution in [0.25, 0.3) is 0 Å². The number of carbonyl (C=O) groups excluding carboxylic acids is 1. The molecule has 0 bridgehead atoms. The van der Waals surface area contributed by atoms with E-state index in [0.717, 1.165) is 12.8 Å². The molecule has 0 aromatic carbocycles. The molecule has 0 aliphatic carbocycles. The van der Waals surface area contributed by atoms with Crippen LogP contribution < -0.4 is 5.32 Å². The second-order valence-electron chi connectivity index (χ2n) is 4.91. The highest BCUT2D eigenvalue weighted by Crippen LogP contribution is 2.20. The number of aliphatic carboxylic acids is 1. The van der Waals surface area contributed by atoms with E-state index in [1.54, 1.807) is 6.92 Å². The first-order chi connectivity index (χ1) is 8.90. The minimum absolute atomic E-state index is 0.0621. The third-order valence-electron chi connectivity index (χ3n) is 3.47. The highest BCUT2D eigenvalue weighted by atomic mass is 16.5. The number of unbranched alkanes of at least 4 members (excludes halogenated alkanes) is 1. The van der Waals surface area contributed by atoms with Crippen molar-refractivity contribution in [2.45, 2.75) is 71.4 Å². The Hall–Kier alpha value is -1.10. The standard InChI is InChI=1S/C14H27NO4/c1-5-8-9-19-11(4)13(18)15-14(6-2,7-3)10-12(16)17/h11H,5-10H2,1-4H3,(H,15,18)(H,16,17). The molecule has 0 aromatic rings. The lowest BCUT2D eigenvalue weighted by molar-refractivity contribution is -0.140. The van der Waals surface area contributed by atoms with E-state index in [1.807, 2.05) is 13.8 Å². The number of rotatable bonds is 10. The largest absolute Gasteiger partial charge is 0.481 e. The fraction of sp³-hybridized carbons (Fsp3) is 0.857. The lowest BCUT2D eigenvalue weighted by Gasteiger charge is -2.32. The molecule has 0 aliphatic rings. The van der Waals surface area contributed by atoms with Crippen LogP contribution in [0.1, 0.15) is 59.8 Å². The van der Waals surface area contributed by atoms with E-state index in [4.69, 9.17) is 9.84 Å². The highest BCUT2D eigenvalue weighted by molar-refractivity contribution is 5.82. The Balaban J connectivity index is 4.49. The van der Waals surface area contributed by atoms with Crippen LogP contribution in [0.5, 0.6) is 0 Å². The van der Waals surface area contributed by atoms with E-state index in [9.17, 15) is 9.59 Å². The van der Waals surface area contributed by atoms with Gasteiger partial charge in [-0.15, -0.1) is 0 Å². The van der Waals surface area contributed by atoms with Gasteiger partial charge in [-0.25, -0.2) is 0 Å². The normalized spacial score (nSPS) is 13.1.